The molecule has 0 radical (unpaired) electrons. The maximum absolute atomic E-state index is 11.7. The van der Waals surface area contributed by atoms with E-state index in [2.05, 4.69) is 9.44 Å². The molecule has 0 fully saturated rings. The Morgan fingerprint density at radius 2 is 2.00 bits per heavy atom. The highest BCUT2D eigenvalue weighted by Crippen LogP contribution is 2.12. The molecule has 0 atom stereocenters. The van der Waals surface area contributed by atoms with Gasteiger partial charge in [0.05, 0.1) is 18.0 Å². The van der Waals surface area contributed by atoms with E-state index in [9.17, 15) is 8.42 Å². The number of benzene rings is 1. The van der Waals surface area contributed by atoms with Crippen molar-refractivity contribution in [2.75, 3.05) is 0 Å². The third kappa shape index (κ3) is 3.00. The van der Waals surface area contributed by atoms with Gasteiger partial charge < -0.3 is 4.42 Å². The first kappa shape index (κ1) is 12.9. The van der Waals surface area contributed by atoms with Crippen molar-refractivity contribution in [1.82, 2.24) is 0 Å². The molecule has 0 spiro atoms. The molecule has 2 rings (SSSR count). The number of oxime groups is 1. The Kier molecular flexibility index (Phi) is 3.63. The molecule has 0 amide bonds. The van der Waals surface area contributed by atoms with Gasteiger partial charge in [-0.25, -0.2) is 0 Å². The Morgan fingerprint density at radius 3 is 2.68 bits per heavy atom. The minimum atomic E-state index is -3.94. The first-order chi connectivity index (χ1) is 9.13. The van der Waals surface area contributed by atoms with E-state index in [0.29, 0.717) is 5.56 Å². The van der Waals surface area contributed by atoms with Gasteiger partial charge in [0.15, 0.2) is 0 Å². The maximum atomic E-state index is 11.7. The molecule has 19 heavy (non-hydrogen) atoms. The molecule has 0 aliphatic rings. The zero-order chi connectivity index (χ0) is 13.7. The summed E-state index contributed by atoms with van der Waals surface area (Å²) in [6.07, 6.45) is 2.40. The summed E-state index contributed by atoms with van der Waals surface area (Å²) in [5, 5.41) is 12.0. The van der Waals surface area contributed by atoms with Crippen LogP contribution in [-0.2, 0) is 14.4 Å². The van der Waals surface area contributed by atoms with Gasteiger partial charge in [0.2, 0.25) is 5.76 Å². The fourth-order valence-electron chi connectivity index (χ4n) is 1.28. The molecule has 0 N–H and O–H groups in total. The number of hydrogen-bond acceptors (Lipinski definition) is 6. The maximum Gasteiger partial charge on any atom is 0.358 e. The monoisotopic (exact) mass is 276 g/mol. The van der Waals surface area contributed by atoms with Crippen LogP contribution in [0.15, 0.2) is 57.1 Å². The van der Waals surface area contributed by atoms with Crippen LogP contribution < -0.4 is 0 Å². The standard InChI is InChI=1S/C12H8N2O4S/c13-8-12-10(6-7-17-12)9-14-18-19(15,16)11-4-2-1-3-5-11/h1-7,9H/b14-9+. The fourth-order valence-corrected chi connectivity index (χ4v) is 2.01. The van der Waals surface area contributed by atoms with Crippen LogP contribution in [0, 0.1) is 11.3 Å². The minimum Gasteiger partial charge on any atom is -0.453 e. The molecule has 0 bridgehead atoms. The van der Waals surface area contributed by atoms with Gasteiger partial charge in [0, 0.05) is 0 Å². The van der Waals surface area contributed by atoms with Crippen molar-refractivity contribution in [1.29, 1.82) is 5.26 Å². The van der Waals surface area contributed by atoms with E-state index in [-0.39, 0.29) is 10.7 Å². The lowest BCUT2D eigenvalue weighted by molar-refractivity contribution is 0.341. The largest absolute Gasteiger partial charge is 0.453 e. The van der Waals surface area contributed by atoms with Crippen molar-refractivity contribution in [3.63, 3.8) is 0 Å². The SMILES string of the molecule is N#Cc1occc1/C=N/OS(=O)(=O)c1ccccc1. The third-order valence-corrected chi connectivity index (χ3v) is 3.29. The fraction of sp³-hybridized carbons (Fsp3) is 0. The summed E-state index contributed by atoms with van der Waals surface area (Å²) < 4.78 is 32.7. The number of hydrogen-bond donors (Lipinski definition) is 0. The van der Waals surface area contributed by atoms with E-state index in [1.807, 2.05) is 0 Å². The molecule has 1 aromatic carbocycles. The predicted molar refractivity (Wildman–Crippen MR) is 65.7 cm³/mol. The van der Waals surface area contributed by atoms with Gasteiger partial charge in [-0.05, 0) is 18.2 Å². The van der Waals surface area contributed by atoms with E-state index in [1.54, 1.807) is 24.3 Å². The molecule has 0 aliphatic carbocycles. The van der Waals surface area contributed by atoms with Crippen LogP contribution in [-0.4, -0.2) is 14.6 Å². The number of rotatable bonds is 4. The van der Waals surface area contributed by atoms with Crippen LogP contribution in [0.2, 0.25) is 0 Å². The molecule has 0 unspecified atom stereocenters. The highest BCUT2D eigenvalue weighted by molar-refractivity contribution is 7.86. The van der Waals surface area contributed by atoms with Crippen molar-refractivity contribution in [2.24, 2.45) is 5.16 Å². The van der Waals surface area contributed by atoms with E-state index >= 15 is 0 Å². The average molecular weight is 276 g/mol. The lowest BCUT2D eigenvalue weighted by Gasteiger charge is -1.99. The predicted octanol–water partition coefficient (Wildman–Crippen LogP) is 1.89. The van der Waals surface area contributed by atoms with E-state index in [0.717, 1.165) is 6.21 Å². The van der Waals surface area contributed by atoms with Gasteiger partial charge in [-0.1, -0.05) is 23.4 Å². The van der Waals surface area contributed by atoms with E-state index in [4.69, 9.17) is 9.68 Å². The van der Waals surface area contributed by atoms with Crippen LogP contribution in [0.1, 0.15) is 11.3 Å². The molecule has 2 aromatic rings. The van der Waals surface area contributed by atoms with Crippen molar-refractivity contribution in [3.8, 4) is 6.07 Å². The highest BCUT2D eigenvalue weighted by atomic mass is 32.2. The van der Waals surface area contributed by atoms with Gasteiger partial charge in [0.1, 0.15) is 11.0 Å². The Morgan fingerprint density at radius 1 is 1.26 bits per heavy atom. The van der Waals surface area contributed by atoms with Crippen molar-refractivity contribution in [2.45, 2.75) is 4.90 Å². The van der Waals surface area contributed by atoms with Crippen molar-refractivity contribution >= 4 is 16.3 Å². The molecule has 7 heteroatoms. The second-order valence-corrected chi connectivity index (χ2v) is 4.92. The van der Waals surface area contributed by atoms with Gasteiger partial charge in [-0.3, -0.25) is 4.28 Å². The summed E-state index contributed by atoms with van der Waals surface area (Å²) >= 11 is 0. The smallest absolute Gasteiger partial charge is 0.358 e. The van der Waals surface area contributed by atoms with Crippen LogP contribution in [0.5, 0.6) is 0 Å². The molecular weight excluding hydrogens is 268 g/mol. The number of nitriles is 1. The first-order valence-corrected chi connectivity index (χ1v) is 6.54. The summed E-state index contributed by atoms with van der Waals surface area (Å²) in [5.41, 5.74) is 0.339. The van der Waals surface area contributed by atoms with Crippen LogP contribution in [0.4, 0.5) is 0 Å². The Labute approximate surface area is 109 Å². The molecule has 96 valence electrons. The lowest BCUT2D eigenvalue weighted by Crippen LogP contribution is -2.02. The summed E-state index contributed by atoms with van der Waals surface area (Å²) in [6.45, 7) is 0. The summed E-state index contributed by atoms with van der Waals surface area (Å²) in [4.78, 5) is -0.000139. The van der Waals surface area contributed by atoms with Crippen LogP contribution in [0.25, 0.3) is 0 Å². The molecular formula is C12H8N2O4S. The lowest BCUT2D eigenvalue weighted by atomic mass is 10.3. The van der Waals surface area contributed by atoms with E-state index < -0.39 is 10.1 Å². The number of nitrogens with zero attached hydrogens (tertiary/aromatic N) is 2. The molecule has 0 saturated heterocycles. The van der Waals surface area contributed by atoms with Crippen LogP contribution in [0.3, 0.4) is 0 Å². The topological polar surface area (TPSA) is 92.7 Å². The van der Waals surface area contributed by atoms with Crippen molar-refractivity contribution < 1.29 is 17.1 Å². The van der Waals surface area contributed by atoms with Gasteiger partial charge in [0.25, 0.3) is 0 Å². The quantitative estimate of drug-likeness (QED) is 0.628. The van der Waals surface area contributed by atoms with E-state index in [1.165, 1.54) is 24.5 Å². The molecule has 6 nitrogen and oxygen atoms in total. The second-order valence-electron chi connectivity index (χ2n) is 3.39. The molecule has 0 aliphatic heterocycles. The minimum absolute atomic E-state index is 0.000139. The average Bonchev–Trinajstić information content (AvgIpc) is 2.87. The van der Waals surface area contributed by atoms with Crippen LogP contribution >= 0.6 is 0 Å². The molecule has 1 heterocycles. The molecule has 1 aromatic heterocycles. The molecule has 0 saturated carbocycles. The second kappa shape index (κ2) is 5.37. The van der Waals surface area contributed by atoms with Crippen molar-refractivity contribution in [3.05, 3.63) is 54.0 Å². The summed E-state index contributed by atoms with van der Waals surface area (Å²) in [5.74, 6) is 0.0319. The Balaban J connectivity index is 2.13. The first-order valence-electron chi connectivity index (χ1n) is 5.13. The Hall–Kier alpha value is -2.59. The summed E-state index contributed by atoms with van der Waals surface area (Å²) in [6, 6.07) is 10.9. The van der Waals surface area contributed by atoms with Gasteiger partial charge in [-0.2, -0.15) is 13.7 Å². The normalized spacial score (nSPS) is 11.3. The van der Waals surface area contributed by atoms with Gasteiger partial charge >= 0.3 is 10.1 Å². The zero-order valence-electron chi connectivity index (χ0n) is 9.55. The van der Waals surface area contributed by atoms with Gasteiger partial charge in [-0.15, -0.1) is 0 Å². The summed E-state index contributed by atoms with van der Waals surface area (Å²) in [7, 11) is -3.94. The Bertz CT molecular complexity index is 727. The zero-order valence-corrected chi connectivity index (χ0v) is 10.4. The highest BCUT2D eigenvalue weighted by Gasteiger charge is 2.14. The number of furan rings is 1. The third-order valence-electron chi connectivity index (χ3n) is 2.16.